The minimum atomic E-state index is 0.0563. The van der Waals surface area contributed by atoms with Gasteiger partial charge in [0.2, 0.25) is 5.91 Å². The van der Waals surface area contributed by atoms with Gasteiger partial charge in [-0.15, -0.1) is 0 Å². The van der Waals surface area contributed by atoms with Crippen LogP contribution in [0.4, 0.5) is 0 Å². The summed E-state index contributed by atoms with van der Waals surface area (Å²) < 4.78 is 2.50. The van der Waals surface area contributed by atoms with E-state index in [1.54, 1.807) is 29.0 Å². The first-order valence-electron chi connectivity index (χ1n) is 4.70. The van der Waals surface area contributed by atoms with Gasteiger partial charge in [0.1, 0.15) is 6.54 Å². The Hall–Kier alpha value is -0.880. The molecule has 0 spiro atoms. The van der Waals surface area contributed by atoms with Crippen molar-refractivity contribution in [2.24, 2.45) is 0 Å². The van der Waals surface area contributed by atoms with Crippen LogP contribution in [-0.2, 0) is 11.3 Å². The molecule has 0 saturated heterocycles. The fourth-order valence-corrected chi connectivity index (χ4v) is 1.42. The van der Waals surface area contributed by atoms with Crippen LogP contribution >= 0.6 is 15.9 Å². The second-order valence-corrected chi connectivity index (χ2v) is 4.19. The van der Waals surface area contributed by atoms with Crippen molar-refractivity contribution in [3.05, 3.63) is 16.9 Å². The summed E-state index contributed by atoms with van der Waals surface area (Å²) in [4.78, 5) is 13.3. The van der Waals surface area contributed by atoms with E-state index in [1.807, 2.05) is 7.05 Å². The number of rotatable bonds is 5. The molecule has 0 unspecified atom stereocenters. The van der Waals surface area contributed by atoms with Crippen LogP contribution in [0.3, 0.4) is 0 Å². The van der Waals surface area contributed by atoms with Gasteiger partial charge in [-0.2, -0.15) is 5.10 Å². The lowest BCUT2D eigenvalue weighted by molar-refractivity contribution is -0.130. The number of carbonyl (C=O) groups excluding carboxylic acids is 1. The molecule has 84 valence electrons. The van der Waals surface area contributed by atoms with E-state index in [9.17, 15) is 4.79 Å². The smallest absolute Gasteiger partial charge is 0.244 e. The second-order valence-electron chi connectivity index (χ2n) is 3.27. The molecule has 0 aliphatic carbocycles. The molecule has 1 heterocycles. The molecule has 5 nitrogen and oxygen atoms in total. The van der Waals surface area contributed by atoms with Crippen molar-refractivity contribution in [3.63, 3.8) is 0 Å². The topological polar surface area (TPSA) is 50.2 Å². The third kappa shape index (κ3) is 4.01. The zero-order valence-corrected chi connectivity index (χ0v) is 10.5. The maximum absolute atomic E-state index is 11.6. The molecule has 0 bridgehead atoms. The van der Waals surface area contributed by atoms with Crippen molar-refractivity contribution in [1.82, 2.24) is 20.0 Å². The number of carbonyl (C=O) groups is 1. The van der Waals surface area contributed by atoms with Crippen molar-refractivity contribution >= 4 is 21.8 Å². The lowest BCUT2D eigenvalue weighted by Gasteiger charge is -2.16. The average Bonchev–Trinajstić information content (AvgIpc) is 2.60. The lowest BCUT2D eigenvalue weighted by Crippen LogP contribution is -2.35. The fourth-order valence-electron chi connectivity index (χ4n) is 1.09. The van der Waals surface area contributed by atoms with E-state index in [0.717, 1.165) is 11.0 Å². The van der Waals surface area contributed by atoms with E-state index < -0.39 is 0 Å². The molecular weight excluding hydrogens is 260 g/mol. The van der Waals surface area contributed by atoms with Crippen molar-refractivity contribution in [2.45, 2.75) is 6.54 Å². The molecule has 0 aromatic carbocycles. The minimum absolute atomic E-state index is 0.0563. The van der Waals surface area contributed by atoms with Crippen LogP contribution < -0.4 is 5.32 Å². The van der Waals surface area contributed by atoms with Gasteiger partial charge in [-0.3, -0.25) is 9.48 Å². The highest BCUT2D eigenvalue weighted by Gasteiger charge is 2.09. The number of nitrogens with one attached hydrogen (secondary N) is 1. The molecule has 0 radical (unpaired) electrons. The molecule has 0 atom stereocenters. The standard InChI is InChI=1S/C9H15BrN4O/c1-11-3-4-13(2)9(15)7-14-6-8(10)5-12-14/h5-6,11H,3-4,7H2,1-2H3. The minimum Gasteiger partial charge on any atom is -0.343 e. The summed E-state index contributed by atoms with van der Waals surface area (Å²) in [5.74, 6) is 0.0563. The van der Waals surface area contributed by atoms with Crippen LogP contribution in [0.5, 0.6) is 0 Å². The zero-order valence-electron chi connectivity index (χ0n) is 8.90. The molecule has 0 saturated carbocycles. The number of hydrogen-bond donors (Lipinski definition) is 1. The van der Waals surface area contributed by atoms with E-state index in [1.165, 1.54) is 0 Å². The lowest BCUT2D eigenvalue weighted by atomic mass is 10.5. The summed E-state index contributed by atoms with van der Waals surface area (Å²) in [5, 5.41) is 7.02. The maximum atomic E-state index is 11.6. The zero-order chi connectivity index (χ0) is 11.3. The van der Waals surface area contributed by atoms with Gasteiger partial charge in [-0.05, 0) is 23.0 Å². The Labute approximate surface area is 97.6 Å². The summed E-state index contributed by atoms with van der Waals surface area (Å²) in [6.45, 7) is 1.79. The number of amides is 1. The van der Waals surface area contributed by atoms with Crippen LogP contribution in [0.2, 0.25) is 0 Å². The van der Waals surface area contributed by atoms with Crippen LogP contribution in [0, 0.1) is 0 Å². The molecule has 1 aromatic heterocycles. The van der Waals surface area contributed by atoms with Gasteiger partial charge in [0.15, 0.2) is 0 Å². The molecule has 1 aromatic rings. The van der Waals surface area contributed by atoms with Crippen LogP contribution in [-0.4, -0.2) is 47.8 Å². The number of halogens is 1. The molecular formula is C9H15BrN4O. The van der Waals surface area contributed by atoms with Gasteiger partial charge in [-0.1, -0.05) is 0 Å². The van der Waals surface area contributed by atoms with E-state index in [2.05, 4.69) is 26.3 Å². The van der Waals surface area contributed by atoms with Crippen molar-refractivity contribution in [3.8, 4) is 0 Å². The largest absolute Gasteiger partial charge is 0.343 e. The first-order valence-corrected chi connectivity index (χ1v) is 5.49. The normalized spacial score (nSPS) is 10.3. The SMILES string of the molecule is CNCCN(C)C(=O)Cn1cc(Br)cn1. The third-order valence-electron chi connectivity index (χ3n) is 2.02. The summed E-state index contributed by atoms with van der Waals surface area (Å²) in [6, 6.07) is 0. The van der Waals surface area contributed by atoms with Gasteiger partial charge < -0.3 is 10.2 Å². The molecule has 0 fully saturated rings. The maximum Gasteiger partial charge on any atom is 0.244 e. The van der Waals surface area contributed by atoms with E-state index >= 15 is 0 Å². The summed E-state index contributed by atoms with van der Waals surface area (Å²) in [7, 11) is 3.65. The molecule has 15 heavy (non-hydrogen) atoms. The van der Waals surface area contributed by atoms with E-state index in [0.29, 0.717) is 6.54 Å². The van der Waals surface area contributed by atoms with Crippen LogP contribution in [0.15, 0.2) is 16.9 Å². The van der Waals surface area contributed by atoms with E-state index in [-0.39, 0.29) is 12.5 Å². The van der Waals surface area contributed by atoms with Gasteiger partial charge in [0.25, 0.3) is 0 Å². The molecule has 0 aliphatic rings. The quantitative estimate of drug-likeness (QED) is 0.842. The predicted octanol–water partition coefficient (Wildman–Crippen LogP) is 0.323. The first-order chi connectivity index (χ1) is 7.13. The Bertz CT molecular complexity index is 326. The number of nitrogens with zero attached hydrogens (tertiary/aromatic N) is 3. The predicted molar refractivity (Wildman–Crippen MR) is 61.5 cm³/mol. The number of aromatic nitrogens is 2. The summed E-state index contributed by atoms with van der Waals surface area (Å²) >= 11 is 3.28. The Morgan fingerprint density at radius 2 is 2.47 bits per heavy atom. The highest BCUT2D eigenvalue weighted by atomic mass is 79.9. The molecule has 1 rings (SSSR count). The highest BCUT2D eigenvalue weighted by molar-refractivity contribution is 9.10. The Morgan fingerprint density at radius 3 is 3.00 bits per heavy atom. The molecule has 6 heteroatoms. The Kier molecular flexibility index (Phi) is 4.77. The average molecular weight is 275 g/mol. The number of hydrogen-bond acceptors (Lipinski definition) is 3. The van der Waals surface area contributed by atoms with Gasteiger partial charge in [-0.25, -0.2) is 0 Å². The monoisotopic (exact) mass is 274 g/mol. The molecule has 1 amide bonds. The van der Waals surface area contributed by atoms with Crippen LogP contribution in [0.1, 0.15) is 0 Å². The van der Waals surface area contributed by atoms with Gasteiger partial charge in [0.05, 0.1) is 10.7 Å². The van der Waals surface area contributed by atoms with Crippen LogP contribution in [0.25, 0.3) is 0 Å². The Balaban J connectivity index is 2.41. The molecule has 0 aliphatic heterocycles. The highest BCUT2D eigenvalue weighted by Crippen LogP contribution is 2.06. The number of likely N-dealkylation sites (N-methyl/N-ethyl adjacent to an activating group) is 2. The van der Waals surface area contributed by atoms with Crippen molar-refractivity contribution < 1.29 is 4.79 Å². The fraction of sp³-hybridized carbons (Fsp3) is 0.556. The summed E-state index contributed by atoms with van der Waals surface area (Å²) in [6.07, 6.45) is 3.45. The van der Waals surface area contributed by atoms with E-state index in [4.69, 9.17) is 0 Å². The summed E-state index contributed by atoms with van der Waals surface area (Å²) in [5.41, 5.74) is 0. The van der Waals surface area contributed by atoms with Crippen molar-refractivity contribution in [2.75, 3.05) is 27.2 Å². The van der Waals surface area contributed by atoms with Crippen molar-refractivity contribution in [1.29, 1.82) is 0 Å². The Morgan fingerprint density at radius 1 is 1.73 bits per heavy atom. The third-order valence-corrected chi connectivity index (χ3v) is 2.43. The van der Waals surface area contributed by atoms with Gasteiger partial charge >= 0.3 is 0 Å². The van der Waals surface area contributed by atoms with Gasteiger partial charge in [0, 0.05) is 26.3 Å². The first kappa shape index (κ1) is 12.2. The second kappa shape index (κ2) is 5.87. The molecule has 1 N–H and O–H groups in total.